The van der Waals surface area contributed by atoms with E-state index < -0.39 is 0 Å². The summed E-state index contributed by atoms with van der Waals surface area (Å²) in [5, 5.41) is 4.31. The monoisotopic (exact) mass is 339 g/mol. The fraction of sp³-hybridized carbons (Fsp3) is 0.500. The Bertz CT molecular complexity index is 728. The van der Waals surface area contributed by atoms with Gasteiger partial charge in [0.2, 0.25) is 5.91 Å². The zero-order valence-corrected chi connectivity index (χ0v) is 14.7. The van der Waals surface area contributed by atoms with Crippen LogP contribution in [0.1, 0.15) is 37.2 Å². The standard InChI is InChI=1S/C20H25N3O2/c1-25-19-9-3-2-8-16(19)17-13-18(17)20(24)23-12-5-4-7-15(23)14-22-11-6-10-21-22/h2-3,6,8-11,15,17-18H,4-5,7,12-14H2,1H3/t15-,17+,18-/m1/s1. The third kappa shape index (κ3) is 3.28. The van der Waals surface area contributed by atoms with E-state index in [1.165, 1.54) is 12.0 Å². The van der Waals surface area contributed by atoms with Crippen molar-refractivity contribution in [2.24, 2.45) is 5.92 Å². The Morgan fingerprint density at radius 1 is 1.28 bits per heavy atom. The summed E-state index contributed by atoms with van der Waals surface area (Å²) in [4.78, 5) is 15.3. The highest BCUT2D eigenvalue weighted by atomic mass is 16.5. The molecule has 132 valence electrons. The zero-order valence-electron chi connectivity index (χ0n) is 14.7. The molecule has 0 spiro atoms. The molecular formula is C20H25N3O2. The van der Waals surface area contributed by atoms with Gasteiger partial charge in [-0.25, -0.2) is 0 Å². The number of piperidine rings is 1. The summed E-state index contributed by atoms with van der Waals surface area (Å²) in [6.45, 7) is 1.67. The van der Waals surface area contributed by atoms with Gasteiger partial charge in [-0.15, -0.1) is 0 Å². The maximum absolute atomic E-state index is 13.1. The van der Waals surface area contributed by atoms with Crippen LogP contribution in [0.2, 0.25) is 0 Å². The third-order valence-electron chi connectivity index (χ3n) is 5.51. The number of hydrogen-bond donors (Lipinski definition) is 0. The molecule has 1 saturated carbocycles. The van der Waals surface area contributed by atoms with Crippen LogP contribution in [0.5, 0.6) is 5.75 Å². The van der Waals surface area contributed by atoms with Gasteiger partial charge in [-0.1, -0.05) is 18.2 Å². The van der Waals surface area contributed by atoms with Crippen LogP contribution in [0.4, 0.5) is 0 Å². The molecule has 0 radical (unpaired) electrons. The minimum absolute atomic E-state index is 0.106. The van der Waals surface area contributed by atoms with Crippen molar-refractivity contribution >= 4 is 5.91 Å². The van der Waals surface area contributed by atoms with E-state index in [2.05, 4.69) is 16.1 Å². The molecule has 1 aliphatic heterocycles. The van der Waals surface area contributed by atoms with Crippen LogP contribution >= 0.6 is 0 Å². The molecule has 4 rings (SSSR count). The minimum Gasteiger partial charge on any atom is -0.496 e. The number of carbonyl (C=O) groups excluding carboxylic acids is 1. The SMILES string of the molecule is COc1ccccc1[C@@H]1C[C@H]1C(=O)N1CCCC[C@@H]1Cn1cccn1. The molecule has 2 heterocycles. The first-order chi connectivity index (χ1) is 12.3. The third-order valence-corrected chi connectivity index (χ3v) is 5.51. The van der Waals surface area contributed by atoms with Crippen LogP contribution in [0.15, 0.2) is 42.7 Å². The molecule has 0 bridgehead atoms. The van der Waals surface area contributed by atoms with E-state index >= 15 is 0 Å². The molecule has 2 aromatic rings. The number of hydrogen-bond acceptors (Lipinski definition) is 3. The van der Waals surface area contributed by atoms with Gasteiger partial charge in [0.25, 0.3) is 0 Å². The Morgan fingerprint density at radius 3 is 2.96 bits per heavy atom. The topological polar surface area (TPSA) is 47.4 Å². The molecule has 1 aromatic heterocycles. The van der Waals surface area contributed by atoms with E-state index in [0.29, 0.717) is 11.8 Å². The summed E-state index contributed by atoms with van der Waals surface area (Å²) in [6, 6.07) is 10.3. The molecule has 25 heavy (non-hydrogen) atoms. The Hall–Kier alpha value is -2.30. The van der Waals surface area contributed by atoms with Crippen LogP contribution in [-0.4, -0.2) is 40.3 Å². The highest BCUT2D eigenvalue weighted by molar-refractivity contribution is 5.83. The predicted octanol–water partition coefficient (Wildman–Crippen LogP) is 3.08. The molecule has 2 fully saturated rings. The summed E-state index contributed by atoms with van der Waals surface area (Å²) in [5.41, 5.74) is 1.17. The lowest BCUT2D eigenvalue weighted by molar-refractivity contribution is -0.136. The molecule has 1 aliphatic carbocycles. The summed E-state index contributed by atoms with van der Waals surface area (Å²) >= 11 is 0. The molecule has 0 unspecified atom stereocenters. The second-order valence-electron chi connectivity index (χ2n) is 7.10. The zero-order chi connectivity index (χ0) is 17.2. The number of para-hydroxylation sites is 1. The molecule has 5 heteroatoms. The number of ether oxygens (including phenoxy) is 1. The first-order valence-corrected chi connectivity index (χ1v) is 9.18. The number of amides is 1. The van der Waals surface area contributed by atoms with Crippen molar-refractivity contribution < 1.29 is 9.53 Å². The van der Waals surface area contributed by atoms with E-state index in [-0.39, 0.29) is 12.0 Å². The molecule has 2 aliphatic rings. The van der Waals surface area contributed by atoms with E-state index in [4.69, 9.17) is 4.74 Å². The van der Waals surface area contributed by atoms with Crippen molar-refractivity contribution in [1.82, 2.24) is 14.7 Å². The van der Waals surface area contributed by atoms with E-state index in [1.807, 2.05) is 35.1 Å². The van der Waals surface area contributed by atoms with Crippen LogP contribution in [0, 0.1) is 5.92 Å². The van der Waals surface area contributed by atoms with Gasteiger partial charge in [0, 0.05) is 24.9 Å². The van der Waals surface area contributed by atoms with Gasteiger partial charge in [-0.05, 0) is 49.3 Å². The number of carbonyl (C=O) groups is 1. The molecule has 1 aromatic carbocycles. The first-order valence-electron chi connectivity index (χ1n) is 9.18. The molecule has 3 atom stereocenters. The number of likely N-dealkylation sites (tertiary alicyclic amines) is 1. The van der Waals surface area contributed by atoms with Gasteiger partial charge in [-0.3, -0.25) is 9.48 Å². The molecule has 5 nitrogen and oxygen atoms in total. The normalized spacial score (nSPS) is 25.6. The average molecular weight is 339 g/mol. The molecule has 1 saturated heterocycles. The highest BCUT2D eigenvalue weighted by Crippen LogP contribution is 2.51. The van der Waals surface area contributed by atoms with Gasteiger partial charge >= 0.3 is 0 Å². The quantitative estimate of drug-likeness (QED) is 0.841. The maximum atomic E-state index is 13.1. The fourth-order valence-corrected chi connectivity index (χ4v) is 4.10. The molecule has 1 amide bonds. The number of rotatable bonds is 5. The van der Waals surface area contributed by atoms with Crippen molar-refractivity contribution in [2.45, 2.75) is 44.2 Å². The van der Waals surface area contributed by atoms with Gasteiger partial charge in [0.15, 0.2) is 0 Å². The van der Waals surface area contributed by atoms with Gasteiger partial charge in [0.05, 0.1) is 19.7 Å². The lowest BCUT2D eigenvalue weighted by Crippen LogP contribution is -2.46. The summed E-state index contributed by atoms with van der Waals surface area (Å²) in [7, 11) is 1.70. The largest absolute Gasteiger partial charge is 0.496 e. The second kappa shape index (κ2) is 6.90. The molecule has 0 N–H and O–H groups in total. The lowest BCUT2D eigenvalue weighted by atomic mass is 10.0. The van der Waals surface area contributed by atoms with Gasteiger partial charge in [0.1, 0.15) is 5.75 Å². The summed E-state index contributed by atoms with van der Waals surface area (Å²) in [6.07, 6.45) is 8.07. The molecular weight excluding hydrogens is 314 g/mol. The van der Waals surface area contributed by atoms with Crippen molar-refractivity contribution in [3.63, 3.8) is 0 Å². The summed E-state index contributed by atoms with van der Waals surface area (Å²) < 4.78 is 7.42. The maximum Gasteiger partial charge on any atom is 0.226 e. The van der Waals surface area contributed by atoms with Crippen molar-refractivity contribution in [1.29, 1.82) is 0 Å². The fourth-order valence-electron chi connectivity index (χ4n) is 4.10. The van der Waals surface area contributed by atoms with Gasteiger partial charge < -0.3 is 9.64 Å². The van der Waals surface area contributed by atoms with Crippen LogP contribution in [0.3, 0.4) is 0 Å². The van der Waals surface area contributed by atoms with Crippen LogP contribution in [0.25, 0.3) is 0 Å². The number of nitrogens with zero attached hydrogens (tertiary/aromatic N) is 3. The Kier molecular flexibility index (Phi) is 4.47. The minimum atomic E-state index is 0.106. The second-order valence-corrected chi connectivity index (χ2v) is 7.10. The van der Waals surface area contributed by atoms with Crippen LogP contribution in [-0.2, 0) is 11.3 Å². The smallest absolute Gasteiger partial charge is 0.226 e. The van der Waals surface area contributed by atoms with Crippen molar-refractivity contribution in [3.05, 3.63) is 48.3 Å². The van der Waals surface area contributed by atoms with Crippen molar-refractivity contribution in [3.8, 4) is 5.75 Å². The number of aromatic nitrogens is 2. The number of methoxy groups -OCH3 is 1. The Labute approximate surface area is 148 Å². The van der Waals surface area contributed by atoms with E-state index in [1.54, 1.807) is 13.3 Å². The van der Waals surface area contributed by atoms with E-state index in [0.717, 1.165) is 38.1 Å². The Balaban J connectivity index is 1.46. The Morgan fingerprint density at radius 2 is 2.16 bits per heavy atom. The highest BCUT2D eigenvalue weighted by Gasteiger charge is 2.48. The predicted molar refractivity (Wildman–Crippen MR) is 95.4 cm³/mol. The lowest BCUT2D eigenvalue weighted by Gasteiger charge is -2.36. The van der Waals surface area contributed by atoms with Crippen LogP contribution < -0.4 is 4.74 Å². The first kappa shape index (κ1) is 16.2. The average Bonchev–Trinajstić information content (AvgIpc) is 3.29. The van der Waals surface area contributed by atoms with Gasteiger partial charge in [-0.2, -0.15) is 5.10 Å². The van der Waals surface area contributed by atoms with E-state index in [9.17, 15) is 4.79 Å². The summed E-state index contributed by atoms with van der Waals surface area (Å²) in [5.74, 6) is 1.62. The number of benzene rings is 1. The van der Waals surface area contributed by atoms with Crippen molar-refractivity contribution in [2.75, 3.05) is 13.7 Å².